The molecule has 2 heteroatoms. The van der Waals surface area contributed by atoms with E-state index in [1.807, 2.05) is 19.2 Å². The van der Waals surface area contributed by atoms with E-state index in [1.54, 1.807) is 0 Å². The molecular weight excluding hydrogens is 135 g/mol. The number of rotatable bonds is 1. The van der Waals surface area contributed by atoms with Gasteiger partial charge in [0.15, 0.2) is 0 Å². The van der Waals surface area contributed by atoms with Crippen LogP contribution in [0.25, 0.3) is 0 Å². The molecule has 9 heavy (non-hydrogen) atoms. The van der Waals surface area contributed by atoms with Gasteiger partial charge in [-0.15, -0.1) is 11.3 Å². The van der Waals surface area contributed by atoms with Gasteiger partial charge < -0.3 is 0 Å². The molecule has 0 saturated heterocycles. The third kappa shape index (κ3) is 1.30. The van der Waals surface area contributed by atoms with Gasteiger partial charge in [0.1, 0.15) is 5.82 Å². The molecule has 0 aliphatic heterocycles. The van der Waals surface area contributed by atoms with Crippen LogP contribution in [0.1, 0.15) is 25.3 Å². The van der Waals surface area contributed by atoms with Gasteiger partial charge in [-0.2, -0.15) is 0 Å². The molecule has 1 heterocycles. The minimum atomic E-state index is -0.0602. The molecule has 0 atom stereocenters. The smallest absolute Gasteiger partial charge is 0.137 e. The van der Waals surface area contributed by atoms with Crippen molar-refractivity contribution in [2.45, 2.75) is 19.8 Å². The van der Waals surface area contributed by atoms with Gasteiger partial charge in [0.25, 0.3) is 0 Å². The lowest BCUT2D eigenvalue weighted by molar-refractivity contribution is 0.605. The molecule has 0 radical (unpaired) electrons. The molecule has 1 rings (SSSR count). The highest BCUT2D eigenvalue weighted by Gasteiger charge is 2.05. The molecule has 0 bridgehead atoms. The lowest BCUT2D eigenvalue weighted by Crippen LogP contribution is -1.85. The molecule has 0 amide bonds. The first-order chi connectivity index (χ1) is 4.22. The van der Waals surface area contributed by atoms with Crippen molar-refractivity contribution in [3.8, 4) is 0 Å². The van der Waals surface area contributed by atoms with Crippen LogP contribution in [0.4, 0.5) is 4.39 Å². The fourth-order valence-electron chi connectivity index (χ4n) is 0.703. The van der Waals surface area contributed by atoms with E-state index in [2.05, 4.69) is 0 Å². The molecule has 0 N–H and O–H groups in total. The Balaban J connectivity index is 2.94. The van der Waals surface area contributed by atoms with E-state index in [1.165, 1.54) is 16.7 Å². The van der Waals surface area contributed by atoms with E-state index < -0.39 is 0 Å². The van der Waals surface area contributed by atoms with Gasteiger partial charge >= 0.3 is 0 Å². The van der Waals surface area contributed by atoms with Crippen molar-refractivity contribution in [3.05, 3.63) is 22.1 Å². The van der Waals surface area contributed by atoms with Crippen LogP contribution < -0.4 is 0 Å². The Kier molecular flexibility index (Phi) is 1.86. The first-order valence-corrected chi connectivity index (χ1v) is 3.87. The van der Waals surface area contributed by atoms with E-state index in [0.717, 1.165) is 5.56 Å². The Labute approximate surface area is 58.3 Å². The minimum absolute atomic E-state index is 0.0602. The predicted molar refractivity (Wildman–Crippen MR) is 38.4 cm³/mol. The van der Waals surface area contributed by atoms with Crippen LogP contribution >= 0.6 is 11.3 Å². The van der Waals surface area contributed by atoms with Crippen LogP contribution in [-0.4, -0.2) is 0 Å². The molecule has 0 aliphatic carbocycles. The van der Waals surface area contributed by atoms with Crippen molar-refractivity contribution in [1.82, 2.24) is 0 Å². The maximum Gasteiger partial charge on any atom is 0.137 e. The molecule has 0 spiro atoms. The van der Waals surface area contributed by atoms with E-state index in [0.29, 0.717) is 5.92 Å². The molecule has 1 aromatic heterocycles. The van der Waals surface area contributed by atoms with Gasteiger partial charge in [0.2, 0.25) is 0 Å². The molecule has 50 valence electrons. The van der Waals surface area contributed by atoms with Crippen molar-refractivity contribution in [1.29, 1.82) is 0 Å². The summed E-state index contributed by atoms with van der Waals surface area (Å²) in [5, 5.41) is 3.40. The highest BCUT2D eigenvalue weighted by atomic mass is 32.1. The van der Waals surface area contributed by atoms with Crippen molar-refractivity contribution < 1.29 is 4.39 Å². The maximum atomic E-state index is 12.6. The summed E-state index contributed by atoms with van der Waals surface area (Å²) in [5.41, 5.74) is 0.833. The van der Waals surface area contributed by atoms with Crippen molar-refractivity contribution in [2.75, 3.05) is 0 Å². The Morgan fingerprint density at radius 3 is 2.33 bits per heavy atom. The second-order valence-corrected chi connectivity index (χ2v) is 3.07. The fraction of sp³-hybridized carbons (Fsp3) is 0.429. The number of thiophene rings is 1. The van der Waals surface area contributed by atoms with E-state index >= 15 is 0 Å². The maximum absolute atomic E-state index is 12.6. The Morgan fingerprint density at radius 1 is 1.44 bits per heavy atom. The molecule has 0 aromatic carbocycles. The zero-order valence-corrected chi connectivity index (χ0v) is 6.33. The normalized spacial score (nSPS) is 10.7. The topological polar surface area (TPSA) is 0 Å². The van der Waals surface area contributed by atoms with Crippen LogP contribution in [0.2, 0.25) is 0 Å². The molecule has 0 fully saturated rings. The van der Waals surface area contributed by atoms with Crippen LogP contribution in [0, 0.1) is 5.82 Å². The predicted octanol–water partition coefficient (Wildman–Crippen LogP) is 3.01. The quantitative estimate of drug-likeness (QED) is 0.568. The van der Waals surface area contributed by atoms with Crippen LogP contribution in [-0.2, 0) is 0 Å². The summed E-state index contributed by atoms with van der Waals surface area (Å²) in [6.45, 7) is 3.98. The lowest BCUT2D eigenvalue weighted by atomic mass is 10.1. The van der Waals surface area contributed by atoms with Crippen LogP contribution in [0.5, 0.6) is 0 Å². The third-order valence-electron chi connectivity index (χ3n) is 1.26. The zero-order valence-electron chi connectivity index (χ0n) is 5.52. The molecule has 0 saturated carbocycles. The van der Waals surface area contributed by atoms with E-state index in [4.69, 9.17) is 0 Å². The lowest BCUT2D eigenvalue weighted by Gasteiger charge is -1.98. The Bertz CT molecular complexity index is 191. The molecule has 0 unspecified atom stereocenters. The van der Waals surface area contributed by atoms with Gasteiger partial charge in [0.05, 0.1) is 0 Å². The first-order valence-electron chi connectivity index (χ1n) is 2.93. The SMILES string of the molecule is CC(C)c1cscc1F. The average molecular weight is 144 g/mol. The average Bonchev–Trinajstić information content (AvgIpc) is 2.13. The molecule has 1 aromatic rings. The zero-order chi connectivity index (χ0) is 6.85. The summed E-state index contributed by atoms with van der Waals surface area (Å²) in [6.07, 6.45) is 0. The van der Waals surface area contributed by atoms with Crippen molar-refractivity contribution in [3.63, 3.8) is 0 Å². The number of halogens is 1. The van der Waals surface area contributed by atoms with Gasteiger partial charge in [-0.25, -0.2) is 4.39 Å². The molecule has 0 aliphatic rings. The Hall–Kier alpha value is -0.370. The summed E-state index contributed by atoms with van der Waals surface area (Å²) < 4.78 is 12.6. The van der Waals surface area contributed by atoms with E-state index in [-0.39, 0.29) is 5.82 Å². The first kappa shape index (κ1) is 6.75. The third-order valence-corrected chi connectivity index (χ3v) is 2.00. The Morgan fingerprint density at radius 2 is 2.11 bits per heavy atom. The standard InChI is InChI=1S/C7H9FS/c1-5(2)6-3-9-4-7(6)8/h3-5H,1-2H3. The van der Waals surface area contributed by atoms with Gasteiger partial charge in [-0.1, -0.05) is 13.8 Å². The van der Waals surface area contributed by atoms with Gasteiger partial charge in [0, 0.05) is 10.9 Å². The largest absolute Gasteiger partial charge is 0.206 e. The molecule has 0 nitrogen and oxygen atoms in total. The van der Waals surface area contributed by atoms with Crippen LogP contribution in [0.15, 0.2) is 10.8 Å². The minimum Gasteiger partial charge on any atom is -0.206 e. The highest BCUT2D eigenvalue weighted by molar-refractivity contribution is 7.08. The van der Waals surface area contributed by atoms with Gasteiger partial charge in [-0.3, -0.25) is 0 Å². The summed E-state index contributed by atoms with van der Waals surface area (Å²) >= 11 is 1.42. The van der Waals surface area contributed by atoms with Gasteiger partial charge in [-0.05, 0) is 11.3 Å². The van der Waals surface area contributed by atoms with Crippen LogP contribution in [0.3, 0.4) is 0 Å². The highest BCUT2D eigenvalue weighted by Crippen LogP contribution is 2.21. The van der Waals surface area contributed by atoms with E-state index in [9.17, 15) is 4.39 Å². The number of hydrogen-bond donors (Lipinski definition) is 0. The monoisotopic (exact) mass is 144 g/mol. The fourth-order valence-corrected chi connectivity index (χ4v) is 1.56. The summed E-state index contributed by atoms with van der Waals surface area (Å²) in [7, 11) is 0. The van der Waals surface area contributed by atoms with Crippen molar-refractivity contribution >= 4 is 11.3 Å². The molecular formula is C7H9FS. The number of hydrogen-bond acceptors (Lipinski definition) is 1. The van der Waals surface area contributed by atoms with Crippen molar-refractivity contribution in [2.24, 2.45) is 0 Å². The second kappa shape index (κ2) is 2.48. The summed E-state index contributed by atoms with van der Waals surface area (Å²) in [4.78, 5) is 0. The summed E-state index contributed by atoms with van der Waals surface area (Å²) in [5.74, 6) is 0.256. The summed E-state index contributed by atoms with van der Waals surface area (Å²) in [6, 6.07) is 0. The second-order valence-electron chi connectivity index (χ2n) is 2.33.